The van der Waals surface area contributed by atoms with Crippen molar-refractivity contribution in [2.75, 3.05) is 0 Å². The average molecular weight is 249 g/mol. The van der Waals surface area contributed by atoms with Gasteiger partial charge < -0.3 is 9.84 Å². The average Bonchev–Trinajstić information content (AvgIpc) is 2.76. The highest BCUT2D eigenvalue weighted by Crippen LogP contribution is 2.20. The maximum absolute atomic E-state index is 10.9. The molecule has 0 spiro atoms. The number of benzene rings is 1. The molecule has 1 aromatic heterocycles. The molecule has 0 unspecified atom stereocenters. The molecular weight excluding hydrogens is 238 g/mol. The largest absolute Gasteiger partial charge is 0.489 e. The number of hydrogen-bond donors (Lipinski definition) is 1. The van der Waals surface area contributed by atoms with Gasteiger partial charge in [-0.15, -0.1) is 0 Å². The number of carbonyl (C=O) groups is 1. The smallest absolute Gasteiger partial charge is 0.347 e. The summed E-state index contributed by atoms with van der Waals surface area (Å²) in [7, 11) is 0. The zero-order valence-electron chi connectivity index (χ0n) is 9.21. The summed E-state index contributed by atoms with van der Waals surface area (Å²) in [6, 6.07) is 7.61. The van der Waals surface area contributed by atoms with Crippen LogP contribution in [0, 0.1) is 6.92 Å². The molecule has 0 atom stereocenters. The predicted molar refractivity (Wildman–Crippen MR) is 64.6 cm³/mol. The number of aromatic nitrogens is 1. The van der Waals surface area contributed by atoms with Crippen molar-refractivity contribution in [3.05, 3.63) is 46.5 Å². The zero-order valence-corrected chi connectivity index (χ0v) is 10.0. The van der Waals surface area contributed by atoms with Crippen molar-refractivity contribution >= 4 is 17.5 Å². The second kappa shape index (κ2) is 4.97. The van der Waals surface area contributed by atoms with Crippen LogP contribution < -0.4 is 4.74 Å². The van der Waals surface area contributed by atoms with Gasteiger partial charge in [-0.25, -0.2) is 4.79 Å². The van der Waals surface area contributed by atoms with Gasteiger partial charge in [-0.2, -0.15) is 4.37 Å². The highest BCUT2D eigenvalue weighted by molar-refractivity contribution is 7.08. The Morgan fingerprint density at radius 1 is 1.47 bits per heavy atom. The summed E-state index contributed by atoms with van der Waals surface area (Å²) >= 11 is 0.967. The van der Waals surface area contributed by atoms with E-state index in [4.69, 9.17) is 9.84 Å². The molecule has 2 rings (SSSR count). The number of carboxylic acid groups (broad SMARTS) is 1. The van der Waals surface area contributed by atoms with Crippen molar-refractivity contribution < 1.29 is 14.6 Å². The Bertz CT molecular complexity index is 536. The first kappa shape index (κ1) is 11.6. The lowest BCUT2D eigenvalue weighted by molar-refractivity contribution is 0.0699. The van der Waals surface area contributed by atoms with E-state index in [9.17, 15) is 4.79 Å². The molecule has 88 valence electrons. The molecule has 4 nitrogen and oxygen atoms in total. The van der Waals surface area contributed by atoms with Gasteiger partial charge in [0, 0.05) is 11.8 Å². The molecular formula is C12H11NO3S. The molecule has 0 saturated carbocycles. The molecule has 17 heavy (non-hydrogen) atoms. The minimum atomic E-state index is -0.962. The van der Waals surface area contributed by atoms with Crippen molar-refractivity contribution in [3.63, 3.8) is 0 Å². The number of carboxylic acids is 1. The number of nitrogens with zero attached hydrogens (tertiary/aromatic N) is 1. The van der Waals surface area contributed by atoms with Crippen LogP contribution in [0.3, 0.4) is 0 Å². The fourth-order valence-corrected chi connectivity index (χ4v) is 2.01. The van der Waals surface area contributed by atoms with Crippen LogP contribution in [0.5, 0.6) is 5.75 Å². The Hall–Kier alpha value is -1.88. The van der Waals surface area contributed by atoms with Crippen molar-refractivity contribution in [1.82, 2.24) is 4.37 Å². The molecule has 1 N–H and O–H groups in total. The third kappa shape index (κ3) is 2.62. The van der Waals surface area contributed by atoms with Gasteiger partial charge in [-0.1, -0.05) is 18.2 Å². The summed E-state index contributed by atoms with van der Waals surface area (Å²) in [6.07, 6.45) is 1.53. The first-order valence-electron chi connectivity index (χ1n) is 5.04. The molecule has 0 fully saturated rings. The Kier molecular flexibility index (Phi) is 3.39. The van der Waals surface area contributed by atoms with Crippen molar-refractivity contribution in [3.8, 4) is 5.75 Å². The zero-order chi connectivity index (χ0) is 12.3. The van der Waals surface area contributed by atoms with Crippen LogP contribution in [0.2, 0.25) is 0 Å². The molecule has 1 heterocycles. The second-order valence-corrected chi connectivity index (χ2v) is 4.34. The maximum Gasteiger partial charge on any atom is 0.347 e. The molecule has 2 aromatic rings. The molecule has 0 bridgehead atoms. The van der Waals surface area contributed by atoms with Gasteiger partial charge in [0.15, 0.2) is 0 Å². The van der Waals surface area contributed by atoms with Crippen LogP contribution in [0.4, 0.5) is 0 Å². The van der Waals surface area contributed by atoms with E-state index in [0.717, 1.165) is 22.8 Å². The Morgan fingerprint density at radius 3 is 2.94 bits per heavy atom. The monoisotopic (exact) mass is 249 g/mol. The van der Waals surface area contributed by atoms with Gasteiger partial charge in [0.05, 0.1) is 0 Å². The SMILES string of the molecule is Cc1ccccc1OCc1cnsc1C(=O)O. The maximum atomic E-state index is 10.9. The van der Waals surface area contributed by atoms with Crippen LogP contribution >= 0.6 is 11.5 Å². The summed E-state index contributed by atoms with van der Waals surface area (Å²) in [5.74, 6) is -0.203. The number of rotatable bonds is 4. The van der Waals surface area contributed by atoms with Gasteiger partial charge in [0.25, 0.3) is 0 Å². The van der Waals surface area contributed by atoms with Gasteiger partial charge in [-0.3, -0.25) is 0 Å². The summed E-state index contributed by atoms with van der Waals surface area (Å²) in [5.41, 5.74) is 1.62. The molecule has 0 aliphatic carbocycles. The highest BCUT2D eigenvalue weighted by atomic mass is 32.1. The highest BCUT2D eigenvalue weighted by Gasteiger charge is 2.13. The lowest BCUT2D eigenvalue weighted by Crippen LogP contribution is -2.02. The van der Waals surface area contributed by atoms with E-state index in [0.29, 0.717) is 5.56 Å². The standard InChI is InChI=1S/C12H11NO3S/c1-8-4-2-3-5-10(8)16-7-9-6-13-17-11(9)12(14)15/h2-6H,7H2,1H3,(H,14,15). The van der Waals surface area contributed by atoms with Crippen LogP contribution in [-0.2, 0) is 6.61 Å². The summed E-state index contributed by atoms with van der Waals surface area (Å²) in [4.78, 5) is 11.1. The van der Waals surface area contributed by atoms with E-state index >= 15 is 0 Å². The Labute approximate surface area is 103 Å². The van der Waals surface area contributed by atoms with Gasteiger partial charge in [0.2, 0.25) is 0 Å². The number of hydrogen-bond acceptors (Lipinski definition) is 4. The minimum Gasteiger partial charge on any atom is -0.489 e. The second-order valence-electron chi connectivity index (χ2n) is 3.54. The van der Waals surface area contributed by atoms with Crippen LogP contribution in [-0.4, -0.2) is 15.4 Å². The van der Waals surface area contributed by atoms with E-state index in [-0.39, 0.29) is 11.5 Å². The predicted octanol–water partition coefficient (Wildman–Crippen LogP) is 2.73. The summed E-state index contributed by atoms with van der Waals surface area (Å²) in [5, 5.41) is 8.92. The van der Waals surface area contributed by atoms with Crippen LogP contribution in [0.25, 0.3) is 0 Å². The number of ether oxygens (including phenoxy) is 1. The Morgan fingerprint density at radius 2 is 2.24 bits per heavy atom. The molecule has 0 aliphatic heterocycles. The van der Waals surface area contributed by atoms with Crippen LogP contribution in [0.1, 0.15) is 20.8 Å². The van der Waals surface area contributed by atoms with Crippen molar-refractivity contribution in [2.45, 2.75) is 13.5 Å². The molecule has 5 heteroatoms. The fourth-order valence-electron chi connectivity index (χ4n) is 1.41. The number of aryl methyl sites for hydroxylation is 1. The van der Waals surface area contributed by atoms with E-state index in [1.54, 1.807) is 0 Å². The van der Waals surface area contributed by atoms with Gasteiger partial charge in [0.1, 0.15) is 17.2 Å². The number of aromatic carboxylic acids is 1. The molecule has 0 radical (unpaired) electrons. The van der Waals surface area contributed by atoms with Crippen molar-refractivity contribution in [1.29, 1.82) is 0 Å². The topological polar surface area (TPSA) is 59.4 Å². The lowest BCUT2D eigenvalue weighted by Gasteiger charge is -2.07. The molecule has 0 amide bonds. The minimum absolute atomic E-state index is 0.225. The van der Waals surface area contributed by atoms with Crippen LogP contribution in [0.15, 0.2) is 30.5 Å². The molecule has 0 aliphatic rings. The third-order valence-electron chi connectivity index (χ3n) is 2.32. The fraction of sp³-hybridized carbons (Fsp3) is 0.167. The van der Waals surface area contributed by atoms with E-state index < -0.39 is 5.97 Å². The number of para-hydroxylation sites is 1. The van der Waals surface area contributed by atoms with Gasteiger partial charge >= 0.3 is 5.97 Å². The van der Waals surface area contributed by atoms with Gasteiger partial charge in [-0.05, 0) is 30.1 Å². The Balaban J connectivity index is 2.10. The lowest BCUT2D eigenvalue weighted by atomic mass is 10.2. The summed E-state index contributed by atoms with van der Waals surface area (Å²) in [6.45, 7) is 2.17. The molecule has 1 aromatic carbocycles. The van der Waals surface area contributed by atoms with E-state index in [2.05, 4.69) is 4.37 Å². The van der Waals surface area contributed by atoms with E-state index in [1.165, 1.54) is 6.20 Å². The normalized spacial score (nSPS) is 10.2. The molecule has 0 saturated heterocycles. The first-order valence-corrected chi connectivity index (χ1v) is 5.81. The first-order chi connectivity index (χ1) is 8.18. The summed E-state index contributed by atoms with van der Waals surface area (Å²) < 4.78 is 9.43. The quantitative estimate of drug-likeness (QED) is 0.905. The van der Waals surface area contributed by atoms with Crippen molar-refractivity contribution in [2.24, 2.45) is 0 Å². The van der Waals surface area contributed by atoms with E-state index in [1.807, 2.05) is 31.2 Å². The third-order valence-corrected chi connectivity index (χ3v) is 3.15.